The highest BCUT2D eigenvalue weighted by Gasteiger charge is 2.29. The maximum atomic E-state index is 5.99. The minimum atomic E-state index is 0.171. The average molecular weight is 206 g/mol. The average Bonchev–Trinajstić information content (AvgIpc) is 2.63. The number of rotatable bonds is 2. The molecule has 3 heteroatoms. The van der Waals surface area contributed by atoms with Gasteiger partial charge in [0.25, 0.3) is 0 Å². The molecule has 0 aromatic heterocycles. The standard InChI is InChI=1S/C12H18N2O/c1-7-4-5-10(15-3)12-11(7)9(6-14-12)8(2)13/h4-5,8-9,14H,6,13H2,1-3H3. The zero-order valence-electron chi connectivity index (χ0n) is 9.50. The first-order valence-corrected chi connectivity index (χ1v) is 5.32. The number of methoxy groups -OCH3 is 1. The van der Waals surface area contributed by atoms with Gasteiger partial charge in [-0.15, -0.1) is 0 Å². The Morgan fingerprint density at radius 2 is 2.27 bits per heavy atom. The summed E-state index contributed by atoms with van der Waals surface area (Å²) in [4.78, 5) is 0. The van der Waals surface area contributed by atoms with Crippen LogP contribution in [0.25, 0.3) is 0 Å². The van der Waals surface area contributed by atoms with Crippen molar-refractivity contribution in [2.24, 2.45) is 5.73 Å². The normalized spacial score (nSPS) is 20.7. The summed E-state index contributed by atoms with van der Waals surface area (Å²) < 4.78 is 5.34. The van der Waals surface area contributed by atoms with Crippen LogP contribution in [0.4, 0.5) is 5.69 Å². The molecule has 3 nitrogen and oxygen atoms in total. The maximum absolute atomic E-state index is 5.99. The molecule has 0 bridgehead atoms. The molecule has 2 unspecified atom stereocenters. The Labute approximate surface area is 90.6 Å². The third-order valence-electron chi connectivity index (χ3n) is 3.15. The van der Waals surface area contributed by atoms with Gasteiger partial charge < -0.3 is 15.8 Å². The van der Waals surface area contributed by atoms with Gasteiger partial charge in [0.2, 0.25) is 0 Å². The van der Waals surface area contributed by atoms with Crippen LogP contribution in [0, 0.1) is 6.92 Å². The third-order valence-corrected chi connectivity index (χ3v) is 3.15. The summed E-state index contributed by atoms with van der Waals surface area (Å²) in [7, 11) is 1.70. The van der Waals surface area contributed by atoms with Crippen LogP contribution in [0.3, 0.4) is 0 Å². The van der Waals surface area contributed by atoms with Gasteiger partial charge in [0, 0.05) is 18.5 Å². The van der Waals surface area contributed by atoms with Gasteiger partial charge in [-0.3, -0.25) is 0 Å². The predicted octanol–water partition coefficient (Wildman–Crippen LogP) is 1.86. The van der Waals surface area contributed by atoms with Crippen molar-refractivity contribution in [3.8, 4) is 5.75 Å². The lowest BCUT2D eigenvalue weighted by Crippen LogP contribution is -2.26. The molecule has 1 aromatic rings. The highest BCUT2D eigenvalue weighted by Crippen LogP contribution is 2.41. The molecule has 2 rings (SSSR count). The summed E-state index contributed by atoms with van der Waals surface area (Å²) >= 11 is 0. The molecule has 2 atom stereocenters. The van der Waals surface area contributed by atoms with E-state index in [4.69, 9.17) is 10.5 Å². The van der Waals surface area contributed by atoms with Crippen LogP contribution < -0.4 is 15.8 Å². The molecular weight excluding hydrogens is 188 g/mol. The second-order valence-electron chi connectivity index (χ2n) is 4.22. The number of fused-ring (bicyclic) bond motifs is 1. The van der Waals surface area contributed by atoms with Gasteiger partial charge in [-0.2, -0.15) is 0 Å². The van der Waals surface area contributed by atoms with Gasteiger partial charge in [-0.1, -0.05) is 6.07 Å². The monoisotopic (exact) mass is 206 g/mol. The molecular formula is C12H18N2O. The van der Waals surface area contributed by atoms with Crippen LogP contribution in [0.2, 0.25) is 0 Å². The lowest BCUT2D eigenvalue weighted by Gasteiger charge is -2.17. The molecule has 3 N–H and O–H groups in total. The fourth-order valence-electron chi connectivity index (χ4n) is 2.30. The number of anilines is 1. The Bertz CT molecular complexity index is 374. The molecule has 1 aromatic carbocycles. The molecule has 0 aliphatic carbocycles. The Morgan fingerprint density at radius 3 is 2.87 bits per heavy atom. The van der Waals surface area contributed by atoms with E-state index >= 15 is 0 Å². The van der Waals surface area contributed by atoms with Gasteiger partial charge in [0.05, 0.1) is 12.8 Å². The zero-order valence-corrected chi connectivity index (χ0v) is 9.50. The molecule has 82 valence electrons. The van der Waals surface area contributed by atoms with E-state index in [1.54, 1.807) is 7.11 Å². The van der Waals surface area contributed by atoms with E-state index in [9.17, 15) is 0 Å². The Balaban J connectivity index is 2.51. The number of nitrogens with two attached hydrogens (primary N) is 1. The zero-order chi connectivity index (χ0) is 11.0. The number of aryl methyl sites for hydroxylation is 1. The first-order chi connectivity index (χ1) is 7.15. The van der Waals surface area contributed by atoms with E-state index in [0.717, 1.165) is 18.0 Å². The Morgan fingerprint density at radius 1 is 1.53 bits per heavy atom. The molecule has 0 fully saturated rings. The van der Waals surface area contributed by atoms with E-state index in [1.807, 2.05) is 6.07 Å². The summed E-state index contributed by atoms with van der Waals surface area (Å²) in [5.41, 5.74) is 9.73. The van der Waals surface area contributed by atoms with E-state index < -0.39 is 0 Å². The highest BCUT2D eigenvalue weighted by molar-refractivity contribution is 5.69. The van der Waals surface area contributed by atoms with Crippen molar-refractivity contribution >= 4 is 5.69 Å². The van der Waals surface area contributed by atoms with Crippen LogP contribution in [0.15, 0.2) is 12.1 Å². The van der Waals surface area contributed by atoms with Gasteiger partial charge in [-0.25, -0.2) is 0 Å². The number of hydrogen-bond acceptors (Lipinski definition) is 3. The molecule has 0 radical (unpaired) electrons. The SMILES string of the molecule is COc1ccc(C)c2c1NCC2C(C)N. The van der Waals surface area contributed by atoms with Crippen molar-refractivity contribution in [1.29, 1.82) is 0 Å². The van der Waals surface area contributed by atoms with Crippen LogP contribution >= 0.6 is 0 Å². The van der Waals surface area contributed by atoms with Crippen molar-refractivity contribution in [3.63, 3.8) is 0 Å². The van der Waals surface area contributed by atoms with Gasteiger partial charge in [-0.05, 0) is 31.0 Å². The molecule has 0 saturated carbocycles. The lowest BCUT2D eigenvalue weighted by atomic mass is 9.91. The molecule has 0 saturated heterocycles. The van der Waals surface area contributed by atoms with Crippen LogP contribution in [0.5, 0.6) is 5.75 Å². The van der Waals surface area contributed by atoms with Gasteiger partial charge in [0.15, 0.2) is 0 Å². The fourth-order valence-corrected chi connectivity index (χ4v) is 2.30. The van der Waals surface area contributed by atoms with E-state index in [2.05, 4.69) is 25.2 Å². The van der Waals surface area contributed by atoms with Crippen LogP contribution in [-0.2, 0) is 0 Å². The van der Waals surface area contributed by atoms with Crippen molar-refractivity contribution in [1.82, 2.24) is 0 Å². The Kier molecular flexibility index (Phi) is 2.57. The fraction of sp³-hybridized carbons (Fsp3) is 0.500. The summed E-state index contributed by atoms with van der Waals surface area (Å²) in [5, 5.41) is 3.39. The van der Waals surface area contributed by atoms with Crippen LogP contribution in [0.1, 0.15) is 24.0 Å². The quantitative estimate of drug-likeness (QED) is 0.776. The smallest absolute Gasteiger partial charge is 0.142 e. The second kappa shape index (κ2) is 3.74. The summed E-state index contributed by atoms with van der Waals surface area (Å²) in [5.74, 6) is 1.31. The molecule has 1 aliphatic rings. The predicted molar refractivity (Wildman–Crippen MR) is 62.6 cm³/mol. The number of ether oxygens (including phenoxy) is 1. The maximum Gasteiger partial charge on any atom is 0.142 e. The molecule has 15 heavy (non-hydrogen) atoms. The summed E-state index contributed by atoms with van der Waals surface area (Å²) in [6, 6.07) is 4.27. The number of hydrogen-bond donors (Lipinski definition) is 2. The minimum Gasteiger partial charge on any atom is -0.495 e. The summed E-state index contributed by atoms with van der Waals surface area (Å²) in [6.07, 6.45) is 0. The van der Waals surface area contributed by atoms with Crippen molar-refractivity contribution in [2.75, 3.05) is 19.0 Å². The number of benzene rings is 1. The van der Waals surface area contributed by atoms with Crippen LogP contribution in [-0.4, -0.2) is 19.7 Å². The lowest BCUT2D eigenvalue weighted by molar-refractivity contribution is 0.416. The topological polar surface area (TPSA) is 47.3 Å². The Hall–Kier alpha value is -1.22. The first kappa shape index (κ1) is 10.3. The molecule has 1 aliphatic heterocycles. The first-order valence-electron chi connectivity index (χ1n) is 5.32. The highest BCUT2D eigenvalue weighted by atomic mass is 16.5. The van der Waals surface area contributed by atoms with Gasteiger partial charge >= 0.3 is 0 Å². The molecule has 0 amide bonds. The van der Waals surface area contributed by atoms with E-state index in [0.29, 0.717) is 5.92 Å². The second-order valence-corrected chi connectivity index (χ2v) is 4.22. The number of nitrogens with one attached hydrogen (secondary N) is 1. The minimum absolute atomic E-state index is 0.171. The van der Waals surface area contributed by atoms with Crippen molar-refractivity contribution < 1.29 is 4.74 Å². The van der Waals surface area contributed by atoms with Crippen molar-refractivity contribution in [2.45, 2.75) is 25.8 Å². The van der Waals surface area contributed by atoms with E-state index in [-0.39, 0.29) is 6.04 Å². The third kappa shape index (κ3) is 1.57. The van der Waals surface area contributed by atoms with Gasteiger partial charge in [0.1, 0.15) is 5.75 Å². The van der Waals surface area contributed by atoms with Crippen molar-refractivity contribution in [3.05, 3.63) is 23.3 Å². The molecule has 1 heterocycles. The molecule has 0 spiro atoms. The summed E-state index contributed by atoms with van der Waals surface area (Å²) in [6.45, 7) is 5.09. The van der Waals surface area contributed by atoms with E-state index in [1.165, 1.54) is 11.1 Å². The largest absolute Gasteiger partial charge is 0.495 e.